The predicted octanol–water partition coefficient (Wildman–Crippen LogP) is 2.79. The lowest BCUT2D eigenvalue weighted by molar-refractivity contribution is -0.130. The van der Waals surface area contributed by atoms with Crippen LogP contribution in [0.25, 0.3) is 0 Å². The molecule has 1 saturated heterocycles. The van der Waals surface area contributed by atoms with E-state index in [0.29, 0.717) is 12.3 Å². The summed E-state index contributed by atoms with van der Waals surface area (Å²) in [4.78, 5) is 18.1. The van der Waals surface area contributed by atoms with E-state index in [1.54, 1.807) is 6.20 Å². The van der Waals surface area contributed by atoms with Crippen molar-refractivity contribution in [2.45, 2.75) is 32.1 Å². The van der Waals surface area contributed by atoms with E-state index >= 15 is 0 Å². The van der Waals surface area contributed by atoms with Crippen LogP contribution in [-0.2, 0) is 11.2 Å². The number of aryl methyl sites for hydroxylation is 1. The van der Waals surface area contributed by atoms with Gasteiger partial charge in [0.25, 0.3) is 0 Å². The molecule has 1 fully saturated rings. The third kappa shape index (κ3) is 3.80. The molecule has 2 heterocycles. The van der Waals surface area contributed by atoms with E-state index in [1.165, 1.54) is 12.8 Å². The van der Waals surface area contributed by atoms with Crippen LogP contribution >= 0.6 is 15.9 Å². The van der Waals surface area contributed by atoms with Gasteiger partial charge in [0.05, 0.1) is 0 Å². The summed E-state index contributed by atoms with van der Waals surface area (Å²) >= 11 is 3.36. The van der Waals surface area contributed by atoms with Gasteiger partial charge in [0, 0.05) is 35.9 Å². The molecular formula is C13H17BrN2O. The van der Waals surface area contributed by atoms with E-state index in [4.69, 9.17) is 0 Å². The Balaban J connectivity index is 1.72. The number of aromatic nitrogens is 1. The van der Waals surface area contributed by atoms with Gasteiger partial charge >= 0.3 is 0 Å². The highest BCUT2D eigenvalue weighted by molar-refractivity contribution is 9.10. The minimum atomic E-state index is 0.305. The van der Waals surface area contributed by atoms with Crippen LogP contribution in [-0.4, -0.2) is 28.9 Å². The van der Waals surface area contributed by atoms with Crippen molar-refractivity contribution in [2.75, 3.05) is 13.1 Å². The Kier molecular flexibility index (Phi) is 4.54. The monoisotopic (exact) mass is 296 g/mol. The van der Waals surface area contributed by atoms with Crippen molar-refractivity contribution in [3.8, 4) is 0 Å². The van der Waals surface area contributed by atoms with Crippen molar-refractivity contribution >= 4 is 21.8 Å². The molecule has 0 aliphatic carbocycles. The second-order valence-electron chi connectivity index (χ2n) is 4.41. The number of nitrogens with zero attached hydrogens (tertiary/aromatic N) is 2. The molecule has 1 aromatic rings. The molecule has 0 N–H and O–H groups in total. The zero-order valence-corrected chi connectivity index (χ0v) is 11.4. The number of amides is 1. The molecule has 92 valence electrons. The van der Waals surface area contributed by atoms with Crippen LogP contribution in [0.1, 0.15) is 31.4 Å². The molecule has 1 amide bonds. The summed E-state index contributed by atoms with van der Waals surface area (Å²) in [5, 5.41) is 0. The largest absolute Gasteiger partial charge is 0.343 e. The zero-order chi connectivity index (χ0) is 12.1. The number of halogens is 1. The van der Waals surface area contributed by atoms with Crippen molar-refractivity contribution < 1.29 is 4.79 Å². The molecule has 1 aromatic heterocycles. The number of carbonyl (C=O) groups is 1. The maximum atomic E-state index is 11.8. The highest BCUT2D eigenvalue weighted by atomic mass is 79.9. The SMILES string of the molecule is O=C(CCCc1ccc(Br)cn1)N1CCCC1. The van der Waals surface area contributed by atoms with E-state index < -0.39 is 0 Å². The van der Waals surface area contributed by atoms with Gasteiger partial charge in [-0.1, -0.05) is 0 Å². The minimum Gasteiger partial charge on any atom is -0.343 e. The summed E-state index contributed by atoms with van der Waals surface area (Å²) < 4.78 is 0.995. The Morgan fingerprint density at radius 3 is 2.76 bits per heavy atom. The first kappa shape index (κ1) is 12.6. The quantitative estimate of drug-likeness (QED) is 0.856. The molecule has 4 heteroatoms. The Hall–Kier alpha value is -0.900. The van der Waals surface area contributed by atoms with E-state index in [1.807, 2.05) is 17.0 Å². The number of pyridine rings is 1. The first-order chi connectivity index (χ1) is 8.25. The molecule has 17 heavy (non-hydrogen) atoms. The molecule has 0 radical (unpaired) electrons. The van der Waals surface area contributed by atoms with Crippen molar-refractivity contribution in [3.05, 3.63) is 28.5 Å². The maximum absolute atomic E-state index is 11.8. The zero-order valence-electron chi connectivity index (χ0n) is 9.86. The molecule has 0 aromatic carbocycles. The van der Waals surface area contributed by atoms with Crippen LogP contribution in [0.3, 0.4) is 0 Å². The van der Waals surface area contributed by atoms with E-state index in [-0.39, 0.29) is 0 Å². The van der Waals surface area contributed by atoms with Crippen molar-refractivity contribution in [3.63, 3.8) is 0 Å². The van der Waals surface area contributed by atoms with E-state index in [0.717, 1.165) is 36.1 Å². The molecule has 1 aliphatic heterocycles. The van der Waals surface area contributed by atoms with Crippen molar-refractivity contribution in [1.82, 2.24) is 9.88 Å². The van der Waals surface area contributed by atoms with Gasteiger partial charge in [0.1, 0.15) is 0 Å². The van der Waals surface area contributed by atoms with Gasteiger partial charge in [-0.2, -0.15) is 0 Å². The second-order valence-corrected chi connectivity index (χ2v) is 5.32. The Morgan fingerprint density at radius 2 is 2.12 bits per heavy atom. The van der Waals surface area contributed by atoms with E-state index in [2.05, 4.69) is 20.9 Å². The lowest BCUT2D eigenvalue weighted by Gasteiger charge is -2.14. The summed E-state index contributed by atoms with van der Waals surface area (Å²) in [5.41, 5.74) is 1.06. The standard InChI is InChI=1S/C13H17BrN2O/c14-11-6-7-12(15-10-11)4-3-5-13(17)16-8-1-2-9-16/h6-7,10H,1-5,8-9H2. The minimum absolute atomic E-state index is 0.305. The lowest BCUT2D eigenvalue weighted by Crippen LogP contribution is -2.27. The number of likely N-dealkylation sites (tertiary alicyclic amines) is 1. The molecule has 3 nitrogen and oxygen atoms in total. The smallest absolute Gasteiger partial charge is 0.222 e. The number of carbonyl (C=O) groups excluding carboxylic acids is 1. The van der Waals surface area contributed by atoms with Crippen LogP contribution in [0.15, 0.2) is 22.8 Å². The average Bonchev–Trinajstić information content (AvgIpc) is 2.85. The van der Waals surface area contributed by atoms with Gasteiger partial charge in [0.2, 0.25) is 5.91 Å². The highest BCUT2D eigenvalue weighted by Crippen LogP contribution is 2.12. The Morgan fingerprint density at radius 1 is 1.35 bits per heavy atom. The summed E-state index contributed by atoms with van der Waals surface area (Å²) in [6.07, 6.45) is 6.56. The Labute approximate surface area is 110 Å². The van der Waals surface area contributed by atoms with E-state index in [9.17, 15) is 4.79 Å². The predicted molar refractivity (Wildman–Crippen MR) is 70.7 cm³/mol. The molecule has 0 saturated carbocycles. The van der Waals surface area contributed by atoms with Gasteiger partial charge in [-0.05, 0) is 53.7 Å². The number of hydrogen-bond acceptors (Lipinski definition) is 2. The second kappa shape index (κ2) is 6.15. The number of hydrogen-bond donors (Lipinski definition) is 0. The fourth-order valence-electron chi connectivity index (χ4n) is 2.10. The van der Waals surface area contributed by atoms with Gasteiger partial charge in [-0.3, -0.25) is 9.78 Å². The van der Waals surface area contributed by atoms with Crippen LogP contribution in [0.2, 0.25) is 0 Å². The van der Waals surface area contributed by atoms with Crippen LogP contribution in [0.5, 0.6) is 0 Å². The van der Waals surface area contributed by atoms with Crippen LogP contribution in [0, 0.1) is 0 Å². The molecule has 2 rings (SSSR count). The fourth-order valence-corrected chi connectivity index (χ4v) is 2.33. The van der Waals surface area contributed by atoms with Crippen LogP contribution < -0.4 is 0 Å². The van der Waals surface area contributed by atoms with Crippen molar-refractivity contribution in [1.29, 1.82) is 0 Å². The summed E-state index contributed by atoms with van der Waals surface area (Å²) in [7, 11) is 0. The maximum Gasteiger partial charge on any atom is 0.222 e. The normalized spacial score (nSPS) is 15.2. The third-order valence-corrected chi connectivity index (χ3v) is 3.54. The molecule has 0 bridgehead atoms. The number of rotatable bonds is 4. The van der Waals surface area contributed by atoms with Gasteiger partial charge in [-0.25, -0.2) is 0 Å². The fraction of sp³-hybridized carbons (Fsp3) is 0.538. The summed E-state index contributed by atoms with van der Waals surface area (Å²) in [6, 6.07) is 4.00. The summed E-state index contributed by atoms with van der Waals surface area (Å²) in [5.74, 6) is 0.305. The van der Waals surface area contributed by atoms with Gasteiger partial charge in [-0.15, -0.1) is 0 Å². The molecule has 0 atom stereocenters. The molecule has 0 unspecified atom stereocenters. The first-order valence-electron chi connectivity index (χ1n) is 6.14. The Bertz CT molecular complexity index is 372. The van der Waals surface area contributed by atoms with Crippen LogP contribution in [0.4, 0.5) is 0 Å². The molecule has 0 spiro atoms. The van der Waals surface area contributed by atoms with Gasteiger partial charge in [0.15, 0.2) is 0 Å². The first-order valence-corrected chi connectivity index (χ1v) is 6.93. The third-order valence-electron chi connectivity index (χ3n) is 3.07. The molecule has 1 aliphatic rings. The highest BCUT2D eigenvalue weighted by Gasteiger charge is 2.16. The topological polar surface area (TPSA) is 33.2 Å². The summed E-state index contributed by atoms with van der Waals surface area (Å²) in [6.45, 7) is 1.91. The lowest BCUT2D eigenvalue weighted by atomic mass is 10.1. The molecular weight excluding hydrogens is 280 g/mol. The van der Waals surface area contributed by atoms with Crippen molar-refractivity contribution in [2.24, 2.45) is 0 Å². The van der Waals surface area contributed by atoms with Gasteiger partial charge < -0.3 is 4.90 Å². The average molecular weight is 297 g/mol.